The van der Waals surface area contributed by atoms with Crippen LogP contribution in [0.1, 0.15) is 26.2 Å². The van der Waals surface area contributed by atoms with E-state index in [1.165, 1.54) is 0 Å². The molecule has 0 aromatic rings. The Labute approximate surface area is 69.0 Å². The van der Waals surface area contributed by atoms with Gasteiger partial charge in [-0.3, -0.25) is 0 Å². The van der Waals surface area contributed by atoms with Crippen LogP contribution in [0.5, 0.6) is 0 Å². The van der Waals surface area contributed by atoms with E-state index in [2.05, 4.69) is 0 Å². The highest BCUT2D eigenvalue weighted by atomic mass is 19.4. The molecule has 0 aliphatic heterocycles. The molecule has 3 atom stereocenters. The van der Waals surface area contributed by atoms with Crippen molar-refractivity contribution in [3.8, 4) is 0 Å². The molecule has 0 amide bonds. The highest BCUT2D eigenvalue weighted by Gasteiger charge is 2.45. The Hall–Kier alpha value is -0.280. The van der Waals surface area contributed by atoms with Gasteiger partial charge in [0.1, 0.15) is 6.17 Å². The lowest BCUT2D eigenvalue weighted by Crippen LogP contribution is -2.35. The smallest absolute Gasteiger partial charge is 0.247 e. The van der Waals surface area contributed by atoms with Crippen LogP contribution in [0.3, 0.4) is 0 Å². The third-order valence-corrected chi connectivity index (χ3v) is 2.55. The van der Waals surface area contributed by atoms with Gasteiger partial charge in [0.2, 0.25) is 0 Å². The molecule has 72 valence electrons. The van der Waals surface area contributed by atoms with Gasteiger partial charge in [-0.05, 0) is 25.2 Å². The molecule has 1 aliphatic carbocycles. The molecule has 3 unspecified atom stereocenters. The van der Waals surface area contributed by atoms with Gasteiger partial charge < -0.3 is 0 Å². The summed E-state index contributed by atoms with van der Waals surface area (Å²) in [5, 5.41) is 0. The van der Waals surface area contributed by atoms with E-state index in [1.54, 1.807) is 6.92 Å². The van der Waals surface area contributed by atoms with Crippen molar-refractivity contribution in [2.75, 3.05) is 0 Å². The zero-order chi connectivity index (χ0) is 9.35. The minimum atomic E-state index is -4.22. The van der Waals surface area contributed by atoms with Crippen LogP contribution in [0.15, 0.2) is 0 Å². The molecule has 0 spiro atoms. The van der Waals surface area contributed by atoms with E-state index in [0.29, 0.717) is 6.42 Å². The molecule has 12 heavy (non-hydrogen) atoms. The summed E-state index contributed by atoms with van der Waals surface area (Å²) in [6, 6.07) is 0. The zero-order valence-corrected chi connectivity index (χ0v) is 6.87. The maximum atomic E-state index is 12.6. The second-order valence-electron chi connectivity index (χ2n) is 3.54. The highest BCUT2D eigenvalue weighted by molar-refractivity contribution is 4.82. The SMILES string of the molecule is CC1CCC(F)CC1C(F)(F)F. The topological polar surface area (TPSA) is 0 Å². The van der Waals surface area contributed by atoms with Crippen molar-refractivity contribution < 1.29 is 17.6 Å². The highest BCUT2D eigenvalue weighted by Crippen LogP contribution is 2.41. The minimum absolute atomic E-state index is 0.285. The fourth-order valence-corrected chi connectivity index (χ4v) is 1.73. The summed E-state index contributed by atoms with van der Waals surface area (Å²) in [6.07, 6.45) is -5.18. The first kappa shape index (κ1) is 9.81. The molecule has 0 saturated heterocycles. The summed E-state index contributed by atoms with van der Waals surface area (Å²) < 4.78 is 49.2. The molecule has 0 nitrogen and oxygen atoms in total. The zero-order valence-electron chi connectivity index (χ0n) is 6.87. The van der Waals surface area contributed by atoms with Crippen molar-refractivity contribution in [2.45, 2.75) is 38.5 Å². The maximum absolute atomic E-state index is 12.6. The molecule has 0 radical (unpaired) electrons. The first-order chi connectivity index (χ1) is 5.41. The predicted molar refractivity (Wildman–Crippen MR) is 37.5 cm³/mol. The third kappa shape index (κ3) is 2.11. The normalized spacial score (nSPS) is 38.2. The van der Waals surface area contributed by atoms with Crippen LogP contribution in [-0.2, 0) is 0 Å². The molecule has 0 heterocycles. The second-order valence-corrected chi connectivity index (χ2v) is 3.54. The van der Waals surface area contributed by atoms with Crippen LogP contribution < -0.4 is 0 Å². The Kier molecular flexibility index (Phi) is 2.64. The van der Waals surface area contributed by atoms with Crippen molar-refractivity contribution in [1.82, 2.24) is 0 Å². The van der Waals surface area contributed by atoms with Crippen molar-refractivity contribution in [3.05, 3.63) is 0 Å². The van der Waals surface area contributed by atoms with Gasteiger partial charge in [-0.25, -0.2) is 4.39 Å². The van der Waals surface area contributed by atoms with Crippen molar-refractivity contribution in [2.24, 2.45) is 11.8 Å². The number of hydrogen-bond acceptors (Lipinski definition) is 0. The average molecular weight is 184 g/mol. The Balaban J connectivity index is 2.61. The molecular formula is C8H12F4. The van der Waals surface area contributed by atoms with Crippen LogP contribution in [0.4, 0.5) is 17.6 Å². The number of rotatable bonds is 0. The Morgan fingerprint density at radius 3 is 2.17 bits per heavy atom. The molecule has 4 heteroatoms. The van der Waals surface area contributed by atoms with Gasteiger partial charge in [-0.1, -0.05) is 6.92 Å². The lowest BCUT2D eigenvalue weighted by molar-refractivity contribution is -0.199. The molecular weight excluding hydrogens is 172 g/mol. The second kappa shape index (κ2) is 3.23. The van der Waals surface area contributed by atoms with E-state index in [4.69, 9.17) is 0 Å². The first-order valence-electron chi connectivity index (χ1n) is 4.12. The fourth-order valence-electron chi connectivity index (χ4n) is 1.73. The van der Waals surface area contributed by atoms with Gasteiger partial charge in [0.25, 0.3) is 0 Å². The molecule has 0 N–H and O–H groups in total. The standard InChI is InChI=1S/C8H12F4/c1-5-2-3-6(9)4-7(5)8(10,11)12/h5-7H,2-4H2,1H3. The Bertz CT molecular complexity index is 152. The first-order valence-corrected chi connectivity index (χ1v) is 4.12. The largest absolute Gasteiger partial charge is 0.392 e. The van der Waals surface area contributed by atoms with Gasteiger partial charge in [0.05, 0.1) is 5.92 Å². The van der Waals surface area contributed by atoms with Crippen LogP contribution in [0, 0.1) is 11.8 Å². The third-order valence-electron chi connectivity index (χ3n) is 2.55. The molecule has 1 aliphatic rings. The Morgan fingerprint density at radius 2 is 1.75 bits per heavy atom. The van der Waals surface area contributed by atoms with Gasteiger partial charge >= 0.3 is 6.18 Å². The molecule has 0 aromatic heterocycles. The van der Waals surface area contributed by atoms with Gasteiger partial charge in [0.15, 0.2) is 0 Å². The maximum Gasteiger partial charge on any atom is 0.392 e. The van der Waals surface area contributed by atoms with Crippen molar-refractivity contribution in [3.63, 3.8) is 0 Å². The quantitative estimate of drug-likeness (QED) is 0.506. The number of alkyl halides is 4. The predicted octanol–water partition coefficient (Wildman–Crippen LogP) is 3.32. The summed E-state index contributed by atoms with van der Waals surface area (Å²) in [5.41, 5.74) is 0. The molecule has 1 saturated carbocycles. The lowest BCUT2D eigenvalue weighted by atomic mass is 9.79. The monoisotopic (exact) mass is 184 g/mol. The molecule has 0 bridgehead atoms. The minimum Gasteiger partial charge on any atom is -0.247 e. The van der Waals surface area contributed by atoms with E-state index >= 15 is 0 Å². The van der Waals surface area contributed by atoms with E-state index in [1.807, 2.05) is 0 Å². The van der Waals surface area contributed by atoms with E-state index < -0.39 is 24.2 Å². The summed E-state index contributed by atoms with van der Waals surface area (Å²) in [4.78, 5) is 0. The molecule has 1 fully saturated rings. The summed E-state index contributed by atoms with van der Waals surface area (Å²) in [7, 11) is 0. The fraction of sp³-hybridized carbons (Fsp3) is 1.00. The van der Waals surface area contributed by atoms with Gasteiger partial charge in [0, 0.05) is 0 Å². The van der Waals surface area contributed by atoms with Crippen LogP contribution >= 0.6 is 0 Å². The molecule has 1 rings (SSSR count). The molecule has 0 aromatic carbocycles. The number of halogens is 4. The van der Waals surface area contributed by atoms with Gasteiger partial charge in [-0.15, -0.1) is 0 Å². The van der Waals surface area contributed by atoms with Crippen LogP contribution in [0.2, 0.25) is 0 Å². The van der Waals surface area contributed by atoms with E-state index in [-0.39, 0.29) is 12.8 Å². The van der Waals surface area contributed by atoms with Crippen molar-refractivity contribution >= 4 is 0 Å². The van der Waals surface area contributed by atoms with Crippen molar-refractivity contribution in [1.29, 1.82) is 0 Å². The van der Waals surface area contributed by atoms with Crippen LogP contribution in [0.25, 0.3) is 0 Å². The van der Waals surface area contributed by atoms with Crippen LogP contribution in [-0.4, -0.2) is 12.3 Å². The Morgan fingerprint density at radius 1 is 1.17 bits per heavy atom. The summed E-state index contributed by atoms with van der Waals surface area (Å²) in [6.45, 7) is 1.55. The number of hydrogen-bond donors (Lipinski definition) is 0. The average Bonchev–Trinajstić information content (AvgIpc) is 1.92. The van der Waals surface area contributed by atoms with E-state index in [0.717, 1.165) is 0 Å². The lowest BCUT2D eigenvalue weighted by Gasteiger charge is -2.32. The summed E-state index contributed by atoms with van der Waals surface area (Å²) >= 11 is 0. The van der Waals surface area contributed by atoms with E-state index in [9.17, 15) is 17.6 Å². The summed E-state index contributed by atoms with van der Waals surface area (Å²) in [5.74, 6) is -1.85. The van der Waals surface area contributed by atoms with Gasteiger partial charge in [-0.2, -0.15) is 13.2 Å².